The van der Waals surface area contributed by atoms with Crippen molar-refractivity contribution in [2.24, 2.45) is 0 Å². The number of benzene rings is 1. The van der Waals surface area contributed by atoms with Gasteiger partial charge in [0.05, 0.1) is 6.26 Å². The summed E-state index contributed by atoms with van der Waals surface area (Å²) in [5, 5.41) is 0. The fraction of sp³-hybridized carbons (Fsp3) is 0.222. The molecule has 0 saturated carbocycles. The van der Waals surface area contributed by atoms with Gasteiger partial charge in [-0.05, 0) is 43.2 Å². The normalized spacial score (nSPS) is 16.6. The summed E-state index contributed by atoms with van der Waals surface area (Å²) in [5.74, 6) is -0.243. The van der Waals surface area contributed by atoms with Gasteiger partial charge in [0.1, 0.15) is 5.76 Å². The molecule has 2 heterocycles. The lowest BCUT2D eigenvalue weighted by molar-refractivity contribution is -0.143. The van der Waals surface area contributed by atoms with Crippen LogP contribution in [0.1, 0.15) is 18.2 Å². The molecule has 1 amide bonds. The number of hydrogen-bond acceptors (Lipinski definition) is 4. The molecule has 1 unspecified atom stereocenters. The second-order valence-corrected chi connectivity index (χ2v) is 5.40. The maximum Gasteiger partial charge on any atom is 0.331 e. The number of hydrogen-bond donors (Lipinski definition) is 0. The molecule has 23 heavy (non-hydrogen) atoms. The number of rotatable bonds is 4. The van der Waals surface area contributed by atoms with Crippen LogP contribution in [-0.2, 0) is 20.7 Å². The lowest BCUT2D eigenvalue weighted by atomic mass is 10.1. The minimum Gasteiger partial charge on any atom is -0.465 e. The van der Waals surface area contributed by atoms with Gasteiger partial charge < -0.3 is 14.1 Å². The number of amides is 1. The first-order valence-electron chi connectivity index (χ1n) is 7.43. The first-order valence-corrected chi connectivity index (χ1v) is 7.43. The van der Waals surface area contributed by atoms with E-state index in [2.05, 4.69) is 0 Å². The van der Waals surface area contributed by atoms with Gasteiger partial charge in [-0.15, -0.1) is 0 Å². The first kappa shape index (κ1) is 15.1. The van der Waals surface area contributed by atoms with Crippen LogP contribution in [0.2, 0.25) is 0 Å². The molecule has 0 spiro atoms. The highest BCUT2D eigenvalue weighted by Crippen LogP contribution is 2.31. The van der Waals surface area contributed by atoms with Gasteiger partial charge in [-0.1, -0.05) is 18.2 Å². The fourth-order valence-electron chi connectivity index (χ4n) is 2.73. The number of fused-ring (bicyclic) bond motifs is 1. The van der Waals surface area contributed by atoms with Gasteiger partial charge in [-0.2, -0.15) is 0 Å². The molecule has 0 aliphatic carbocycles. The molecule has 118 valence electrons. The second kappa shape index (κ2) is 6.52. The average Bonchev–Trinajstić information content (AvgIpc) is 3.17. The van der Waals surface area contributed by atoms with Crippen molar-refractivity contribution < 1.29 is 18.7 Å². The number of nitrogens with zero attached hydrogens (tertiary/aromatic N) is 1. The van der Waals surface area contributed by atoms with Crippen LogP contribution in [-0.4, -0.2) is 24.5 Å². The number of para-hydroxylation sites is 1. The molecule has 0 fully saturated rings. The number of furan rings is 1. The number of ether oxygens (including phenoxy) is 1. The van der Waals surface area contributed by atoms with Gasteiger partial charge in [0.15, 0.2) is 6.61 Å². The van der Waals surface area contributed by atoms with Crippen LogP contribution < -0.4 is 4.90 Å². The van der Waals surface area contributed by atoms with Crippen LogP contribution in [0, 0.1) is 0 Å². The molecule has 0 bridgehead atoms. The second-order valence-electron chi connectivity index (χ2n) is 5.40. The molecular formula is C18H17NO4. The maximum absolute atomic E-state index is 12.4. The summed E-state index contributed by atoms with van der Waals surface area (Å²) in [7, 11) is 0. The largest absolute Gasteiger partial charge is 0.465 e. The lowest BCUT2D eigenvalue weighted by Gasteiger charge is -2.22. The number of carbonyl (C=O) groups excluding carboxylic acids is 2. The zero-order valence-electron chi connectivity index (χ0n) is 12.8. The Morgan fingerprint density at radius 3 is 2.91 bits per heavy atom. The summed E-state index contributed by atoms with van der Waals surface area (Å²) in [6.07, 6.45) is 5.07. The van der Waals surface area contributed by atoms with E-state index in [1.165, 1.54) is 18.4 Å². The van der Waals surface area contributed by atoms with Crippen LogP contribution in [0.15, 0.2) is 53.2 Å². The Hall–Kier alpha value is -2.82. The van der Waals surface area contributed by atoms with Crippen LogP contribution in [0.4, 0.5) is 5.69 Å². The predicted octanol–water partition coefficient (Wildman–Crippen LogP) is 2.81. The van der Waals surface area contributed by atoms with Gasteiger partial charge in [-0.25, -0.2) is 4.79 Å². The van der Waals surface area contributed by atoms with Crippen LogP contribution in [0.3, 0.4) is 0 Å². The molecule has 1 atom stereocenters. The minimum atomic E-state index is -0.574. The van der Waals surface area contributed by atoms with Crippen molar-refractivity contribution in [1.29, 1.82) is 0 Å². The summed E-state index contributed by atoms with van der Waals surface area (Å²) < 4.78 is 10.1. The molecule has 3 rings (SSSR count). The Bertz CT molecular complexity index is 733. The Labute approximate surface area is 134 Å². The fourth-order valence-corrected chi connectivity index (χ4v) is 2.73. The van der Waals surface area contributed by atoms with Gasteiger partial charge in [0.25, 0.3) is 5.91 Å². The van der Waals surface area contributed by atoms with E-state index in [0.717, 1.165) is 17.7 Å². The van der Waals surface area contributed by atoms with Crippen molar-refractivity contribution in [2.45, 2.75) is 19.4 Å². The molecule has 1 aromatic carbocycles. The Morgan fingerprint density at radius 2 is 2.13 bits per heavy atom. The van der Waals surface area contributed by atoms with E-state index >= 15 is 0 Å². The van der Waals surface area contributed by atoms with Crippen molar-refractivity contribution in [1.82, 2.24) is 0 Å². The van der Waals surface area contributed by atoms with E-state index in [1.807, 2.05) is 31.2 Å². The third-order valence-electron chi connectivity index (χ3n) is 3.74. The quantitative estimate of drug-likeness (QED) is 0.643. The van der Waals surface area contributed by atoms with E-state index in [1.54, 1.807) is 17.0 Å². The predicted molar refractivity (Wildman–Crippen MR) is 85.8 cm³/mol. The average molecular weight is 311 g/mol. The SMILES string of the molecule is CC1Cc2ccccc2N1C(=O)COC(=O)C=Cc1ccco1. The summed E-state index contributed by atoms with van der Waals surface area (Å²) in [6, 6.07) is 11.3. The molecule has 0 N–H and O–H groups in total. The van der Waals surface area contributed by atoms with Gasteiger partial charge in [0.2, 0.25) is 0 Å². The Morgan fingerprint density at radius 1 is 1.30 bits per heavy atom. The third kappa shape index (κ3) is 3.34. The van der Waals surface area contributed by atoms with Crippen molar-refractivity contribution in [3.63, 3.8) is 0 Å². The van der Waals surface area contributed by atoms with E-state index in [-0.39, 0.29) is 18.6 Å². The lowest BCUT2D eigenvalue weighted by Crippen LogP contribution is -2.38. The molecular weight excluding hydrogens is 294 g/mol. The Balaban J connectivity index is 1.58. The standard InChI is InChI=1S/C18H17NO4/c1-13-11-14-5-2-3-7-16(14)19(13)17(20)12-23-18(21)9-8-15-6-4-10-22-15/h2-10,13H,11-12H2,1H3. The summed E-state index contributed by atoms with van der Waals surface area (Å²) in [6.45, 7) is 1.70. The van der Waals surface area contributed by atoms with Crippen LogP contribution in [0.5, 0.6) is 0 Å². The maximum atomic E-state index is 12.4. The topological polar surface area (TPSA) is 59.8 Å². The van der Waals surface area contributed by atoms with E-state index in [4.69, 9.17) is 9.15 Å². The molecule has 1 aliphatic rings. The summed E-state index contributed by atoms with van der Waals surface area (Å²) in [4.78, 5) is 25.7. The summed E-state index contributed by atoms with van der Waals surface area (Å²) >= 11 is 0. The number of carbonyl (C=O) groups is 2. The zero-order valence-corrected chi connectivity index (χ0v) is 12.8. The van der Waals surface area contributed by atoms with Gasteiger partial charge in [-0.3, -0.25) is 4.79 Å². The van der Waals surface area contributed by atoms with E-state index < -0.39 is 5.97 Å². The van der Waals surface area contributed by atoms with Crippen molar-refractivity contribution in [2.75, 3.05) is 11.5 Å². The minimum absolute atomic E-state index is 0.0669. The van der Waals surface area contributed by atoms with Crippen LogP contribution >= 0.6 is 0 Å². The van der Waals surface area contributed by atoms with Crippen molar-refractivity contribution >= 4 is 23.6 Å². The number of esters is 1. The monoisotopic (exact) mass is 311 g/mol. The number of anilines is 1. The first-order chi connectivity index (χ1) is 11.1. The van der Waals surface area contributed by atoms with E-state index in [9.17, 15) is 9.59 Å². The third-order valence-corrected chi connectivity index (χ3v) is 3.74. The van der Waals surface area contributed by atoms with E-state index in [0.29, 0.717) is 5.76 Å². The smallest absolute Gasteiger partial charge is 0.331 e. The molecule has 2 aromatic rings. The van der Waals surface area contributed by atoms with Crippen LogP contribution in [0.25, 0.3) is 6.08 Å². The zero-order chi connectivity index (χ0) is 16.2. The highest BCUT2D eigenvalue weighted by atomic mass is 16.5. The molecule has 1 aliphatic heterocycles. The van der Waals surface area contributed by atoms with Gasteiger partial charge >= 0.3 is 5.97 Å². The van der Waals surface area contributed by atoms with Crippen molar-refractivity contribution in [3.05, 3.63) is 60.1 Å². The van der Waals surface area contributed by atoms with Gasteiger partial charge in [0, 0.05) is 17.8 Å². The highest BCUT2D eigenvalue weighted by molar-refractivity contribution is 5.98. The van der Waals surface area contributed by atoms with Crippen molar-refractivity contribution in [3.8, 4) is 0 Å². The molecule has 1 aromatic heterocycles. The molecule has 5 heteroatoms. The Kier molecular flexibility index (Phi) is 4.28. The highest BCUT2D eigenvalue weighted by Gasteiger charge is 2.30. The summed E-state index contributed by atoms with van der Waals surface area (Å²) in [5.41, 5.74) is 2.03. The molecule has 0 radical (unpaired) electrons. The molecule has 0 saturated heterocycles. The molecule has 5 nitrogen and oxygen atoms in total.